The van der Waals surface area contributed by atoms with Gasteiger partial charge in [-0.05, 0) is 25.0 Å². The third-order valence-electron chi connectivity index (χ3n) is 3.76. The van der Waals surface area contributed by atoms with Gasteiger partial charge in [-0.1, -0.05) is 31.0 Å². The molecular weight excluding hydrogens is 236 g/mol. The predicted octanol–water partition coefficient (Wildman–Crippen LogP) is 3.43. The third-order valence-corrected chi connectivity index (χ3v) is 3.76. The molecule has 0 saturated carbocycles. The second-order valence-corrected chi connectivity index (χ2v) is 5.11. The number of rotatable bonds is 2. The Labute approximate surface area is 113 Å². The number of hydrogen-bond acceptors (Lipinski definition) is 3. The van der Waals surface area contributed by atoms with Gasteiger partial charge in [-0.25, -0.2) is 4.98 Å². The maximum Gasteiger partial charge on any atom is 0.153 e. The van der Waals surface area contributed by atoms with E-state index in [-0.39, 0.29) is 0 Å². The van der Waals surface area contributed by atoms with Crippen LogP contribution in [-0.2, 0) is 0 Å². The Bertz CT molecular complexity index is 586. The van der Waals surface area contributed by atoms with E-state index in [0.717, 1.165) is 36.1 Å². The van der Waals surface area contributed by atoms with Crippen molar-refractivity contribution in [3.8, 4) is 0 Å². The van der Waals surface area contributed by atoms with Gasteiger partial charge in [-0.15, -0.1) is 0 Å². The fourth-order valence-electron chi connectivity index (χ4n) is 2.74. The SMILES string of the molecule is O=Cc1cc2ccccc2nc1N1CCCCCC1. The van der Waals surface area contributed by atoms with Crippen LogP contribution in [0, 0.1) is 0 Å². The fraction of sp³-hybridized carbons (Fsp3) is 0.375. The molecule has 1 saturated heterocycles. The van der Waals surface area contributed by atoms with Crippen LogP contribution in [-0.4, -0.2) is 24.4 Å². The third kappa shape index (κ3) is 2.46. The Morgan fingerprint density at radius 2 is 1.79 bits per heavy atom. The largest absolute Gasteiger partial charge is 0.356 e. The smallest absolute Gasteiger partial charge is 0.153 e. The molecule has 1 aromatic carbocycles. The molecule has 0 aliphatic carbocycles. The number of nitrogens with zero attached hydrogens (tertiary/aromatic N) is 2. The Balaban J connectivity index is 2.07. The van der Waals surface area contributed by atoms with E-state index in [4.69, 9.17) is 4.98 Å². The first-order valence-electron chi connectivity index (χ1n) is 6.98. The van der Waals surface area contributed by atoms with E-state index in [2.05, 4.69) is 4.90 Å². The minimum Gasteiger partial charge on any atom is -0.356 e. The normalized spacial score (nSPS) is 16.3. The van der Waals surface area contributed by atoms with Crippen molar-refractivity contribution in [2.24, 2.45) is 0 Å². The summed E-state index contributed by atoms with van der Waals surface area (Å²) < 4.78 is 0. The summed E-state index contributed by atoms with van der Waals surface area (Å²) in [6.07, 6.45) is 5.86. The Hall–Kier alpha value is -1.90. The monoisotopic (exact) mass is 254 g/mol. The van der Waals surface area contributed by atoms with Gasteiger partial charge in [-0.3, -0.25) is 4.79 Å². The molecule has 0 unspecified atom stereocenters. The molecule has 19 heavy (non-hydrogen) atoms. The van der Waals surface area contributed by atoms with Crippen molar-refractivity contribution in [3.63, 3.8) is 0 Å². The van der Waals surface area contributed by atoms with Crippen molar-refractivity contribution in [1.82, 2.24) is 4.98 Å². The number of aldehydes is 1. The highest BCUT2D eigenvalue weighted by Gasteiger charge is 2.15. The lowest BCUT2D eigenvalue weighted by Gasteiger charge is -2.23. The minimum absolute atomic E-state index is 0.709. The molecule has 3 heteroatoms. The van der Waals surface area contributed by atoms with Crippen molar-refractivity contribution in [3.05, 3.63) is 35.9 Å². The maximum absolute atomic E-state index is 11.3. The number of benzene rings is 1. The fourth-order valence-corrected chi connectivity index (χ4v) is 2.74. The summed E-state index contributed by atoms with van der Waals surface area (Å²) in [5.41, 5.74) is 1.67. The van der Waals surface area contributed by atoms with Crippen LogP contribution in [0.5, 0.6) is 0 Å². The summed E-state index contributed by atoms with van der Waals surface area (Å²) in [4.78, 5) is 18.3. The Kier molecular flexibility index (Phi) is 3.45. The van der Waals surface area contributed by atoms with E-state index in [1.165, 1.54) is 25.7 Å². The van der Waals surface area contributed by atoms with E-state index in [1.807, 2.05) is 30.3 Å². The van der Waals surface area contributed by atoms with Crippen LogP contribution in [0.25, 0.3) is 10.9 Å². The average Bonchev–Trinajstić information content (AvgIpc) is 2.74. The van der Waals surface area contributed by atoms with E-state index < -0.39 is 0 Å². The lowest BCUT2D eigenvalue weighted by molar-refractivity contribution is 0.112. The van der Waals surface area contributed by atoms with E-state index >= 15 is 0 Å². The Morgan fingerprint density at radius 1 is 1.05 bits per heavy atom. The number of aromatic nitrogens is 1. The first-order chi connectivity index (χ1) is 9.38. The van der Waals surface area contributed by atoms with Crippen LogP contribution >= 0.6 is 0 Å². The summed E-state index contributed by atoms with van der Waals surface area (Å²) in [6.45, 7) is 2.01. The molecule has 0 atom stereocenters. The number of hydrogen-bond donors (Lipinski definition) is 0. The molecule has 1 aromatic heterocycles. The maximum atomic E-state index is 11.3. The highest BCUT2D eigenvalue weighted by atomic mass is 16.1. The lowest BCUT2D eigenvalue weighted by atomic mass is 10.1. The van der Waals surface area contributed by atoms with Crippen molar-refractivity contribution >= 4 is 23.0 Å². The van der Waals surface area contributed by atoms with Crippen molar-refractivity contribution in [2.75, 3.05) is 18.0 Å². The average molecular weight is 254 g/mol. The van der Waals surface area contributed by atoms with Gasteiger partial charge in [0.15, 0.2) is 6.29 Å². The van der Waals surface area contributed by atoms with E-state index in [9.17, 15) is 4.79 Å². The second kappa shape index (κ2) is 5.39. The van der Waals surface area contributed by atoms with Gasteiger partial charge >= 0.3 is 0 Å². The van der Waals surface area contributed by atoms with Crippen LogP contribution in [0.1, 0.15) is 36.0 Å². The summed E-state index contributed by atoms with van der Waals surface area (Å²) in [5, 5.41) is 1.03. The minimum atomic E-state index is 0.709. The number of carbonyl (C=O) groups is 1. The summed E-state index contributed by atoms with van der Waals surface area (Å²) in [6, 6.07) is 9.93. The molecule has 1 aliphatic rings. The molecule has 0 spiro atoms. The predicted molar refractivity (Wildman–Crippen MR) is 77.8 cm³/mol. The first kappa shape index (κ1) is 12.2. The summed E-state index contributed by atoms with van der Waals surface area (Å²) in [5.74, 6) is 0.857. The molecule has 0 bridgehead atoms. The van der Waals surface area contributed by atoms with Crippen LogP contribution in [0.15, 0.2) is 30.3 Å². The Morgan fingerprint density at radius 3 is 2.53 bits per heavy atom. The topological polar surface area (TPSA) is 33.2 Å². The van der Waals surface area contributed by atoms with Crippen LogP contribution in [0.2, 0.25) is 0 Å². The molecule has 0 N–H and O–H groups in total. The van der Waals surface area contributed by atoms with Gasteiger partial charge in [0.25, 0.3) is 0 Å². The number of carbonyl (C=O) groups excluding carboxylic acids is 1. The molecule has 98 valence electrons. The number of pyridine rings is 1. The molecule has 2 aromatic rings. The molecule has 1 aliphatic heterocycles. The van der Waals surface area contributed by atoms with Gasteiger partial charge in [0.2, 0.25) is 0 Å². The summed E-state index contributed by atoms with van der Waals surface area (Å²) >= 11 is 0. The molecule has 2 heterocycles. The highest BCUT2D eigenvalue weighted by molar-refractivity contribution is 5.91. The quantitative estimate of drug-likeness (QED) is 0.770. The summed E-state index contributed by atoms with van der Waals surface area (Å²) in [7, 11) is 0. The lowest BCUT2D eigenvalue weighted by Crippen LogP contribution is -2.26. The van der Waals surface area contributed by atoms with Gasteiger partial charge in [0.1, 0.15) is 5.82 Å². The van der Waals surface area contributed by atoms with E-state index in [1.54, 1.807) is 0 Å². The zero-order chi connectivity index (χ0) is 13.1. The molecule has 3 rings (SSSR count). The second-order valence-electron chi connectivity index (χ2n) is 5.11. The van der Waals surface area contributed by atoms with Crippen LogP contribution < -0.4 is 4.90 Å². The van der Waals surface area contributed by atoms with Crippen LogP contribution in [0.4, 0.5) is 5.82 Å². The zero-order valence-corrected chi connectivity index (χ0v) is 11.0. The standard InChI is InChI=1S/C16H18N2O/c19-12-14-11-13-7-3-4-8-15(13)17-16(14)18-9-5-1-2-6-10-18/h3-4,7-8,11-12H,1-2,5-6,9-10H2. The van der Waals surface area contributed by atoms with Gasteiger partial charge in [0, 0.05) is 18.5 Å². The van der Waals surface area contributed by atoms with Crippen molar-refractivity contribution in [2.45, 2.75) is 25.7 Å². The molecule has 1 fully saturated rings. The van der Waals surface area contributed by atoms with Gasteiger partial charge in [-0.2, -0.15) is 0 Å². The van der Waals surface area contributed by atoms with Crippen LogP contribution in [0.3, 0.4) is 0 Å². The first-order valence-corrected chi connectivity index (χ1v) is 6.98. The number of fused-ring (bicyclic) bond motifs is 1. The highest BCUT2D eigenvalue weighted by Crippen LogP contribution is 2.24. The molecule has 3 nitrogen and oxygen atoms in total. The number of anilines is 1. The zero-order valence-electron chi connectivity index (χ0n) is 11.0. The van der Waals surface area contributed by atoms with Gasteiger partial charge in [0.05, 0.1) is 11.1 Å². The van der Waals surface area contributed by atoms with Crippen molar-refractivity contribution < 1.29 is 4.79 Å². The molecule has 0 amide bonds. The van der Waals surface area contributed by atoms with E-state index in [0.29, 0.717) is 5.56 Å². The molecule has 0 radical (unpaired) electrons. The molecular formula is C16H18N2O. The number of para-hydroxylation sites is 1. The van der Waals surface area contributed by atoms with Gasteiger partial charge < -0.3 is 4.90 Å². The van der Waals surface area contributed by atoms with Crippen molar-refractivity contribution in [1.29, 1.82) is 0 Å².